The molecule has 1 aromatic rings. The maximum Gasteiger partial charge on any atom is 0.274 e. The Morgan fingerprint density at radius 1 is 1.33 bits per heavy atom. The molecule has 6 nitrogen and oxygen atoms in total. The van der Waals surface area contributed by atoms with Crippen LogP contribution in [0.25, 0.3) is 0 Å². The van der Waals surface area contributed by atoms with Crippen molar-refractivity contribution in [3.05, 3.63) is 17.8 Å². The van der Waals surface area contributed by atoms with Crippen LogP contribution < -0.4 is 21.1 Å². The molecule has 2 rings (SSSR count). The molecule has 1 aliphatic heterocycles. The molecule has 0 spiro atoms. The maximum atomic E-state index is 12.4. The number of fused-ring (bicyclic) bond motifs is 1. The quantitative estimate of drug-likeness (QED) is 0.858. The lowest BCUT2D eigenvalue weighted by Crippen LogP contribution is -2.63. The molecular formula is C15H24N4O2. The van der Waals surface area contributed by atoms with Gasteiger partial charge in [-0.1, -0.05) is 20.8 Å². The van der Waals surface area contributed by atoms with E-state index < -0.39 is 5.60 Å². The summed E-state index contributed by atoms with van der Waals surface area (Å²) in [7, 11) is 1.67. The second kappa shape index (κ2) is 5.61. The molecule has 0 radical (unpaired) electrons. The number of nitrogens with zero attached hydrogens (tertiary/aromatic N) is 2. The minimum Gasteiger partial charge on any atom is -0.471 e. The van der Waals surface area contributed by atoms with E-state index in [4.69, 9.17) is 16.2 Å². The fourth-order valence-corrected chi connectivity index (χ4v) is 2.41. The van der Waals surface area contributed by atoms with Crippen LogP contribution in [0.2, 0.25) is 0 Å². The summed E-state index contributed by atoms with van der Waals surface area (Å²) in [5.74, 6) is 1.66. The smallest absolute Gasteiger partial charge is 0.274 e. The monoisotopic (exact) mass is 292 g/mol. The first kappa shape index (κ1) is 15.7. The number of aromatic nitrogens is 1. The Morgan fingerprint density at radius 3 is 2.48 bits per heavy atom. The van der Waals surface area contributed by atoms with Crippen LogP contribution in [0.1, 0.15) is 32.3 Å². The fraction of sp³-hybridized carbons (Fsp3) is 0.600. The van der Waals surface area contributed by atoms with Crippen LogP contribution in [-0.2, 0) is 4.79 Å². The summed E-state index contributed by atoms with van der Waals surface area (Å²) in [5, 5.41) is 0. The number of anilines is 1. The van der Waals surface area contributed by atoms with Gasteiger partial charge in [-0.2, -0.15) is 0 Å². The van der Waals surface area contributed by atoms with Crippen molar-refractivity contribution >= 4 is 11.7 Å². The van der Waals surface area contributed by atoms with Gasteiger partial charge >= 0.3 is 0 Å². The fourth-order valence-electron chi connectivity index (χ4n) is 2.41. The number of likely N-dealkylation sites (N-methyl/N-ethyl adjacent to an activating group) is 1. The summed E-state index contributed by atoms with van der Waals surface area (Å²) in [5.41, 5.74) is 11.4. The van der Waals surface area contributed by atoms with Gasteiger partial charge in [-0.15, -0.1) is 0 Å². The van der Waals surface area contributed by atoms with Gasteiger partial charge in [-0.3, -0.25) is 9.69 Å². The number of hydrogen-bond acceptors (Lipinski definition) is 5. The van der Waals surface area contributed by atoms with E-state index >= 15 is 0 Å². The predicted molar refractivity (Wildman–Crippen MR) is 82.4 cm³/mol. The van der Waals surface area contributed by atoms with Crippen LogP contribution in [0.15, 0.2) is 12.3 Å². The summed E-state index contributed by atoms with van der Waals surface area (Å²) in [6.07, 6.45) is 1.80. The summed E-state index contributed by atoms with van der Waals surface area (Å²) in [4.78, 5) is 18.3. The molecule has 0 aromatic carbocycles. The van der Waals surface area contributed by atoms with E-state index in [1.807, 2.05) is 6.07 Å². The number of rotatable bonds is 4. The highest BCUT2D eigenvalue weighted by molar-refractivity contribution is 6.02. The topological polar surface area (TPSA) is 94.5 Å². The van der Waals surface area contributed by atoms with Crippen molar-refractivity contribution in [2.75, 3.05) is 25.0 Å². The molecule has 2 heterocycles. The van der Waals surface area contributed by atoms with Crippen molar-refractivity contribution in [3.8, 4) is 5.75 Å². The van der Waals surface area contributed by atoms with Crippen molar-refractivity contribution in [3.63, 3.8) is 0 Å². The van der Waals surface area contributed by atoms with E-state index in [9.17, 15) is 4.79 Å². The minimum atomic E-state index is -1.19. The first-order valence-corrected chi connectivity index (χ1v) is 7.23. The van der Waals surface area contributed by atoms with Gasteiger partial charge in [0.2, 0.25) is 5.60 Å². The van der Waals surface area contributed by atoms with Gasteiger partial charge in [-0.05, 0) is 23.5 Å². The third kappa shape index (κ3) is 2.49. The maximum absolute atomic E-state index is 12.4. The third-order valence-electron chi connectivity index (χ3n) is 4.36. The van der Waals surface area contributed by atoms with Gasteiger partial charge in [0.05, 0.1) is 0 Å². The van der Waals surface area contributed by atoms with E-state index in [1.54, 1.807) is 13.2 Å². The van der Waals surface area contributed by atoms with E-state index in [0.717, 1.165) is 5.56 Å². The van der Waals surface area contributed by atoms with Gasteiger partial charge in [0.1, 0.15) is 0 Å². The first-order valence-electron chi connectivity index (χ1n) is 7.23. The standard InChI is InChI=1S/C15H24N4O2/c1-9(2)10(3)11-5-12-13(18-6-11)19(4)14(20)15(7-16,8-17)21-12/h5-6,9-10H,7-8,16-17H2,1-4H3. The Bertz CT molecular complexity index is 540. The average Bonchev–Trinajstić information content (AvgIpc) is 2.49. The lowest BCUT2D eigenvalue weighted by Gasteiger charge is -2.39. The van der Waals surface area contributed by atoms with Crippen molar-refractivity contribution in [1.29, 1.82) is 0 Å². The molecule has 0 bridgehead atoms. The molecule has 0 aliphatic carbocycles. The Kier molecular flexibility index (Phi) is 4.20. The average molecular weight is 292 g/mol. The van der Waals surface area contributed by atoms with E-state index in [1.165, 1.54) is 4.90 Å². The minimum absolute atomic E-state index is 0.0378. The summed E-state index contributed by atoms with van der Waals surface area (Å²) in [6.45, 7) is 6.53. The molecule has 1 atom stereocenters. The lowest BCUT2D eigenvalue weighted by atomic mass is 9.91. The summed E-state index contributed by atoms with van der Waals surface area (Å²) >= 11 is 0. The molecular weight excluding hydrogens is 268 g/mol. The SMILES string of the molecule is CC(C)C(C)c1cnc2c(c1)OC(CN)(CN)C(=O)N2C. The predicted octanol–water partition coefficient (Wildman–Crippen LogP) is 0.853. The molecule has 1 unspecified atom stereocenters. The normalized spacial score (nSPS) is 18.4. The van der Waals surface area contributed by atoms with Crippen LogP contribution in [0.4, 0.5) is 5.82 Å². The number of amides is 1. The number of ether oxygens (including phenoxy) is 1. The number of carbonyl (C=O) groups excluding carboxylic acids is 1. The van der Waals surface area contributed by atoms with Gasteiger partial charge in [0, 0.05) is 26.3 Å². The second-order valence-corrected chi connectivity index (χ2v) is 5.99. The van der Waals surface area contributed by atoms with Gasteiger partial charge < -0.3 is 16.2 Å². The van der Waals surface area contributed by atoms with Gasteiger partial charge in [0.15, 0.2) is 11.6 Å². The Labute approximate surface area is 125 Å². The molecule has 0 saturated heterocycles. The number of hydrogen-bond donors (Lipinski definition) is 2. The lowest BCUT2D eigenvalue weighted by molar-refractivity contribution is -0.133. The molecule has 1 aromatic heterocycles. The van der Waals surface area contributed by atoms with Crippen LogP contribution >= 0.6 is 0 Å². The Balaban J connectivity index is 2.47. The largest absolute Gasteiger partial charge is 0.471 e. The summed E-state index contributed by atoms with van der Waals surface area (Å²) < 4.78 is 5.87. The van der Waals surface area contributed by atoms with Crippen LogP contribution in [0, 0.1) is 5.92 Å². The molecule has 4 N–H and O–H groups in total. The van der Waals surface area contributed by atoms with Gasteiger partial charge in [0.25, 0.3) is 5.91 Å². The van der Waals surface area contributed by atoms with Crippen molar-refractivity contribution in [2.45, 2.75) is 32.3 Å². The van der Waals surface area contributed by atoms with Crippen LogP contribution in [-0.4, -0.2) is 36.6 Å². The van der Waals surface area contributed by atoms with E-state index in [2.05, 4.69) is 25.8 Å². The zero-order chi connectivity index (χ0) is 15.8. The molecule has 6 heteroatoms. The Hall–Kier alpha value is -1.66. The van der Waals surface area contributed by atoms with Crippen molar-refractivity contribution < 1.29 is 9.53 Å². The van der Waals surface area contributed by atoms with Crippen molar-refractivity contribution in [2.24, 2.45) is 17.4 Å². The van der Waals surface area contributed by atoms with Crippen LogP contribution in [0.3, 0.4) is 0 Å². The molecule has 0 fully saturated rings. The third-order valence-corrected chi connectivity index (χ3v) is 4.36. The number of carbonyl (C=O) groups is 1. The van der Waals surface area contributed by atoms with Crippen molar-refractivity contribution in [1.82, 2.24) is 4.98 Å². The van der Waals surface area contributed by atoms with Gasteiger partial charge in [-0.25, -0.2) is 4.98 Å². The zero-order valence-corrected chi connectivity index (χ0v) is 13.1. The Morgan fingerprint density at radius 2 is 1.95 bits per heavy atom. The zero-order valence-electron chi connectivity index (χ0n) is 13.1. The van der Waals surface area contributed by atoms with Crippen LogP contribution in [0.5, 0.6) is 5.75 Å². The second-order valence-electron chi connectivity index (χ2n) is 5.99. The molecule has 21 heavy (non-hydrogen) atoms. The molecule has 116 valence electrons. The number of nitrogens with two attached hydrogens (primary N) is 2. The van der Waals surface area contributed by atoms with E-state index in [-0.39, 0.29) is 19.0 Å². The highest BCUT2D eigenvalue weighted by Crippen LogP contribution is 2.37. The highest BCUT2D eigenvalue weighted by Gasteiger charge is 2.46. The highest BCUT2D eigenvalue weighted by atomic mass is 16.5. The van der Waals surface area contributed by atoms with E-state index in [0.29, 0.717) is 23.4 Å². The summed E-state index contributed by atoms with van der Waals surface area (Å²) in [6, 6.07) is 1.94. The molecule has 1 amide bonds. The molecule has 1 aliphatic rings. The first-order chi connectivity index (χ1) is 9.86. The number of pyridine rings is 1. The molecule has 0 saturated carbocycles.